The van der Waals surface area contributed by atoms with Crippen molar-refractivity contribution in [2.45, 2.75) is 25.7 Å². The summed E-state index contributed by atoms with van der Waals surface area (Å²) in [6.07, 6.45) is 6.03. The lowest BCUT2D eigenvalue weighted by Crippen LogP contribution is -2.39. The Morgan fingerprint density at radius 3 is 2.49 bits per heavy atom. The van der Waals surface area contributed by atoms with Gasteiger partial charge in [-0.2, -0.15) is 0 Å². The van der Waals surface area contributed by atoms with E-state index in [0.29, 0.717) is 53.4 Å². The van der Waals surface area contributed by atoms with Gasteiger partial charge in [0.25, 0.3) is 5.91 Å². The normalized spacial score (nSPS) is 15.5. The highest BCUT2D eigenvalue weighted by Crippen LogP contribution is 2.31. The number of methoxy groups -OCH3 is 2. The third kappa shape index (κ3) is 6.85. The minimum absolute atomic E-state index is 0.123. The Kier molecular flexibility index (Phi) is 8.24. The molecule has 0 radical (unpaired) electrons. The standard InChI is InChI=1S/C30H34N4O5/c1-37-25-15-24(16-26(17-25)39-19-21-6-7-21)29(35)32-18-20-9-12-34(13-10-20)27-8-11-31-28(33-27)22-4-3-5-23(14-22)30(36)38-2/h3-5,8,11,14-17,20-21H,6-7,9-10,12-13,18-19H2,1-2H3,(H,32,35). The highest BCUT2D eigenvalue weighted by Gasteiger charge is 2.23. The first-order valence-electron chi connectivity index (χ1n) is 13.4. The number of esters is 1. The molecule has 1 N–H and O–H groups in total. The van der Waals surface area contributed by atoms with Crippen molar-refractivity contribution in [1.82, 2.24) is 15.3 Å². The van der Waals surface area contributed by atoms with E-state index in [0.717, 1.165) is 37.3 Å². The van der Waals surface area contributed by atoms with Crippen LogP contribution in [0.4, 0.5) is 5.82 Å². The number of anilines is 1. The van der Waals surface area contributed by atoms with Crippen LogP contribution in [-0.2, 0) is 4.74 Å². The van der Waals surface area contributed by atoms with E-state index in [4.69, 9.17) is 19.2 Å². The molecule has 0 bridgehead atoms. The number of amides is 1. The molecule has 2 fully saturated rings. The number of carbonyl (C=O) groups is 2. The maximum Gasteiger partial charge on any atom is 0.337 e. The zero-order chi connectivity index (χ0) is 27.2. The van der Waals surface area contributed by atoms with Crippen LogP contribution in [-0.4, -0.2) is 62.3 Å². The molecular weight excluding hydrogens is 496 g/mol. The van der Waals surface area contributed by atoms with Crippen LogP contribution in [0.3, 0.4) is 0 Å². The fourth-order valence-electron chi connectivity index (χ4n) is 4.68. The molecule has 2 heterocycles. The zero-order valence-corrected chi connectivity index (χ0v) is 22.4. The second kappa shape index (κ2) is 12.1. The predicted octanol–water partition coefficient (Wildman–Crippen LogP) is 4.37. The lowest BCUT2D eigenvalue weighted by atomic mass is 9.96. The summed E-state index contributed by atoms with van der Waals surface area (Å²) in [5, 5.41) is 3.10. The number of benzene rings is 2. The van der Waals surface area contributed by atoms with Gasteiger partial charge in [-0.25, -0.2) is 14.8 Å². The van der Waals surface area contributed by atoms with E-state index in [1.54, 1.807) is 43.6 Å². The number of ether oxygens (including phenoxy) is 3. The molecule has 0 spiro atoms. The summed E-state index contributed by atoms with van der Waals surface area (Å²) in [6.45, 7) is 2.95. The molecule has 1 aliphatic heterocycles. The first-order valence-corrected chi connectivity index (χ1v) is 13.4. The van der Waals surface area contributed by atoms with E-state index < -0.39 is 5.97 Å². The maximum absolute atomic E-state index is 12.9. The Balaban J connectivity index is 1.15. The van der Waals surface area contributed by atoms with Crippen LogP contribution < -0.4 is 19.7 Å². The summed E-state index contributed by atoms with van der Waals surface area (Å²) in [7, 11) is 2.96. The third-order valence-electron chi connectivity index (χ3n) is 7.23. The highest BCUT2D eigenvalue weighted by molar-refractivity contribution is 5.95. The van der Waals surface area contributed by atoms with E-state index in [-0.39, 0.29) is 5.91 Å². The predicted molar refractivity (Wildman–Crippen MR) is 147 cm³/mol. The summed E-state index contributed by atoms with van der Waals surface area (Å²) in [5.41, 5.74) is 1.76. The molecule has 9 nitrogen and oxygen atoms in total. The fourth-order valence-corrected chi connectivity index (χ4v) is 4.68. The summed E-state index contributed by atoms with van der Waals surface area (Å²) in [4.78, 5) is 36.2. The molecule has 1 aliphatic carbocycles. The van der Waals surface area contributed by atoms with Crippen molar-refractivity contribution in [2.75, 3.05) is 45.4 Å². The summed E-state index contributed by atoms with van der Waals surface area (Å²) in [5.74, 6) is 3.18. The van der Waals surface area contributed by atoms with E-state index in [9.17, 15) is 9.59 Å². The lowest BCUT2D eigenvalue weighted by Gasteiger charge is -2.33. The second-order valence-electron chi connectivity index (χ2n) is 10.1. The number of aromatic nitrogens is 2. The van der Waals surface area contributed by atoms with Gasteiger partial charge in [0.05, 0.1) is 26.4 Å². The van der Waals surface area contributed by atoms with Crippen LogP contribution in [0.5, 0.6) is 11.5 Å². The van der Waals surface area contributed by atoms with Crippen molar-refractivity contribution in [1.29, 1.82) is 0 Å². The van der Waals surface area contributed by atoms with Gasteiger partial charge in [0.1, 0.15) is 17.3 Å². The van der Waals surface area contributed by atoms with Gasteiger partial charge in [0.2, 0.25) is 0 Å². The van der Waals surface area contributed by atoms with Crippen LogP contribution >= 0.6 is 0 Å². The first kappa shape index (κ1) is 26.5. The largest absolute Gasteiger partial charge is 0.497 e. The van der Waals surface area contributed by atoms with E-state index in [2.05, 4.69) is 15.2 Å². The minimum Gasteiger partial charge on any atom is -0.497 e. The summed E-state index contributed by atoms with van der Waals surface area (Å²) >= 11 is 0. The molecule has 2 aliphatic rings. The van der Waals surface area contributed by atoms with Crippen molar-refractivity contribution in [2.24, 2.45) is 11.8 Å². The van der Waals surface area contributed by atoms with Gasteiger partial charge in [-0.15, -0.1) is 0 Å². The van der Waals surface area contributed by atoms with Gasteiger partial charge in [-0.3, -0.25) is 4.79 Å². The molecule has 3 aromatic rings. The van der Waals surface area contributed by atoms with Gasteiger partial charge >= 0.3 is 5.97 Å². The maximum atomic E-state index is 12.9. The number of carbonyl (C=O) groups excluding carboxylic acids is 2. The summed E-state index contributed by atoms with van der Waals surface area (Å²) < 4.78 is 16.1. The molecule has 9 heteroatoms. The minimum atomic E-state index is -0.393. The zero-order valence-electron chi connectivity index (χ0n) is 22.4. The second-order valence-corrected chi connectivity index (χ2v) is 10.1. The van der Waals surface area contributed by atoms with Gasteiger partial charge in [-0.05, 0) is 67.9 Å². The summed E-state index contributed by atoms with van der Waals surface area (Å²) in [6, 6.07) is 14.4. The molecule has 1 aromatic heterocycles. The molecule has 1 saturated heterocycles. The van der Waals surface area contributed by atoms with Crippen LogP contribution in [0.2, 0.25) is 0 Å². The van der Waals surface area contributed by atoms with E-state index in [1.807, 2.05) is 18.2 Å². The van der Waals surface area contributed by atoms with Crippen molar-refractivity contribution in [3.05, 3.63) is 65.9 Å². The quantitative estimate of drug-likeness (QED) is 0.386. The molecule has 0 atom stereocenters. The molecule has 2 aromatic carbocycles. The van der Waals surface area contributed by atoms with Gasteiger partial charge in [0.15, 0.2) is 5.82 Å². The van der Waals surface area contributed by atoms with E-state index in [1.165, 1.54) is 20.0 Å². The third-order valence-corrected chi connectivity index (χ3v) is 7.23. The molecule has 39 heavy (non-hydrogen) atoms. The number of nitrogens with one attached hydrogen (secondary N) is 1. The highest BCUT2D eigenvalue weighted by atomic mass is 16.5. The first-order chi connectivity index (χ1) is 19.0. The van der Waals surface area contributed by atoms with Crippen LogP contribution in [0.25, 0.3) is 11.4 Å². The number of hydrogen-bond donors (Lipinski definition) is 1. The fraction of sp³-hybridized carbons (Fsp3) is 0.400. The van der Waals surface area contributed by atoms with Gasteiger partial charge in [-0.1, -0.05) is 12.1 Å². The Morgan fingerprint density at radius 1 is 0.949 bits per heavy atom. The van der Waals surface area contributed by atoms with Gasteiger partial charge in [0, 0.05) is 43.0 Å². The average Bonchev–Trinajstić information content (AvgIpc) is 3.83. The lowest BCUT2D eigenvalue weighted by molar-refractivity contribution is 0.0600. The van der Waals surface area contributed by atoms with Crippen molar-refractivity contribution in [3.8, 4) is 22.9 Å². The smallest absolute Gasteiger partial charge is 0.337 e. The number of nitrogens with zero attached hydrogens (tertiary/aromatic N) is 3. The van der Waals surface area contributed by atoms with Crippen molar-refractivity contribution < 1.29 is 23.8 Å². The van der Waals surface area contributed by atoms with Crippen molar-refractivity contribution >= 4 is 17.7 Å². The Morgan fingerprint density at radius 2 is 1.74 bits per heavy atom. The molecule has 5 rings (SSSR count). The Hall–Kier alpha value is -4.14. The average molecular weight is 531 g/mol. The molecular formula is C30H34N4O5. The van der Waals surface area contributed by atoms with Crippen LogP contribution in [0, 0.1) is 11.8 Å². The van der Waals surface area contributed by atoms with E-state index >= 15 is 0 Å². The monoisotopic (exact) mass is 530 g/mol. The number of hydrogen-bond acceptors (Lipinski definition) is 8. The van der Waals surface area contributed by atoms with Crippen LogP contribution in [0.1, 0.15) is 46.4 Å². The number of rotatable bonds is 10. The molecule has 1 amide bonds. The Labute approximate surface area is 228 Å². The van der Waals surface area contributed by atoms with Crippen molar-refractivity contribution in [3.63, 3.8) is 0 Å². The topological polar surface area (TPSA) is 103 Å². The van der Waals surface area contributed by atoms with Gasteiger partial charge < -0.3 is 24.4 Å². The Bertz CT molecular complexity index is 1320. The molecule has 204 valence electrons. The number of piperidine rings is 1. The SMILES string of the molecule is COC(=O)c1cccc(-c2nccc(N3CCC(CNC(=O)c4cc(OC)cc(OCC5CC5)c4)CC3)n2)c1. The molecule has 0 unspecified atom stereocenters. The molecule has 1 saturated carbocycles. The van der Waals surface area contributed by atoms with Crippen LogP contribution in [0.15, 0.2) is 54.7 Å².